The summed E-state index contributed by atoms with van der Waals surface area (Å²) in [5.41, 5.74) is 5.70. The molecule has 0 unspecified atom stereocenters. The number of hydrogen-bond acceptors (Lipinski definition) is 3. The molecule has 134 valence electrons. The van der Waals surface area contributed by atoms with Crippen molar-refractivity contribution in [2.45, 2.75) is 33.6 Å². The SMILES string of the molecule is Cc1cc(C)c(/C=C2/SC(=O)N(CCCc3ccccc3)C2=O)c(C)c1. The fourth-order valence-electron chi connectivity index (χ4n) is 3.33. The maximum atomic E-state index is 12.7. The number of hydrogen-bond donors (Lipinski definition) is 0. The lowest BCUT2D eigenvalue weighted by Crippen LogP contribution is -2.29. The smallest absolute Gasteiger partial charge is 0.268 e. The summed E-state index contributed by atoms with van der Waals surface area (Å²) < 4.78 is 0. The van der Waals surface area contributed by atoms with Crippen LogP contribution < -0.4 is 0 Å². The van der Waals surface area contributed by atoms with Crippen molar-refractivity contribution in [3.8, 4) is 0 Å². The largest absolute Gasteiger partial charge is 0.293 e. The molecule has 4 heteroatoms. The highest BCUT2D eigenvalue weighted by Crippen LogP contribution is 2.33. The minimum atomic E-state index is -0.174. The van der Waals surface area contributed by atoms with E-state index in [0.717, 1.165) is 41.3 Å². The van der Waals surface area contributed by atoms with E-state index in [1.165, 1.54) is 16.0 Å². The monoisotopic (exact) mass is 365 g/mol. The van der Waals surface area contributed by atoms with Crippen LogP contribution in [0.5, 0.6) is 0 Å². The number of nitrogens with zero attached hydrogens (tertiary/aromatic N) is 1. The van der Waals surface area contributed by atoms with Gasteiger partial charge in [0.25, 0.3) is 11.1 Å². The molecule has 0 bridgehead atoms. The number of aryl methyl sites for hydroxylation is 4. The molecule has 0 saturated carbocycles. The summed E-state index contributed by atoms with van der Waals surface area (Å²) in [4.78, 5) is 26.8. The molecule has 26 heavy (non-hydrogen) atoms. The minimum Gasteiger partial charge on any atom is -0.268 e. The zero-order valence-corrected chi connectivity index (χ0v) is 16.2. The molecule has 0 spiro atoms. The fourth-order valence-corrected chi connectivity index (χ4v) is 4.18. The number of amides is 2. The van der Waals surface area contributed by atoms with Crippen molar-refractivity contribution < 1.29 is 9.59 Å². The highest BCUT2D eigenvalue weighted by Gasteiger charge is 2.34. The number of thioether (sulfide) groups is 1. The van der Waals surface area contributed by atoms with Crippen LogP contribution in [0.4, 0.5) is 4.79 Å². The Kier molecular flexibility index (Phi) is 5.62. The van der Waals surface area contributed by atoms with Gasteiger partial charge in [0.15, 0.2) is 0 Å². The van der Waals surface area contributed by atoms with E-state index in [1.54, 1.807) is 0 Å². The van der Waals surface area contributed by atoms with Gasteiger partial charge in [0.05, 0.1) is 4.91 Å². The standard InChI is InChI=1S/C22H23NO2S/c1-15-12-16(2)19(17(3)13-15)14-20-21(24)23(22(25)26-20)11-7-10-18-8-5-4-6-9-18/h4-6,8-9,12-14H,7,10-11H2,1-3H3/b20-14+. The number of carbonyl (C=O) groups excluding carboxylic acids is 2. The zero-order valence-electron chi connectivity index (χ0n) is 15.4. The van der Waals surface area contributed by atoms with Gasteiger partial charge in [0.1, 0.15) is 0 Å². The molecule has 1 heterocycles. The molecule has 0 radical (unpaired) electrons. The van der Waals surface area contributed by atoms with Gasteiger partial charge >= 0.3 is 0 Å². The van der Waals surface area contributed by atoms with Gasteiger partial charge in [-0.1, -0.05) is 48.0 Å². The van der Waals surface area contributed by atoms with Crippen molar-refractivity contribution >= 4 is 29.0 Å². The zero-order chi connectivity index (χ0) is 18.7. The van der Waals surface area contributed by atoms with Gasteiger partial charge in [-0.05, 0) is 73.7 Å². The first-order valence-electron chi connectivity index (χ1n) is 8.83. The predicted molar refractivity (Wildman–Crippen MR) is 108 cm³/mol. The Bertz CT molecular complexity index is 848. The Morgan fingerprint density at radius 1 is 1.00 bits per heavy atom. The van der Waals surface area contributed by atoms with Crippen LogP contribution in [0.2, 0.25) is 0 Å². The maximum absolute atomic E-state index is 12.7. The molecule has 1 aliphatic heterocycles. The van der Waals surface area contributed by atoms with Gasteiger partial charge in [0.2, 0.25) is 0 Å². The number of rotatable bonds is 5. The van der Waals surface area contributed by atoms with Crippen molar-refractivity contribution in [2.75, 3.05) is 6.54 Å². The Hall–Kier alpha value is -2.33. The van der Waals surface area contributed by atoms with Crippen LogP contribution in [-0.2, 0) is 11.2 Å². The molecule has 0 aliphatic carbocycles. The second kappa shape index (κ2) is 7.92. The Labute approximate surface area is 159 Å². The normalized spacial score (nSPS) is 16.0. The molecule has 0 N–H and O–H groups in total. The van der Waals surface area contributed by atoms with Gasteiger partial charge in [-0.25, -0.2) is 0 Å². The molecule has 3 rings (SSSR count). The molecule has 3 nitrogen and oxygen atoms in total. The van der Waals surface area contributed by atoms with E-state index in [9.17, 15) is 9.59 Å². The quantitative estimate of drug-likeness (QED) is 0.677. The lowest BCUT2D eigenvalue weighted by atomic mass is 9.99. The van der Waals surface area contributed by atoms with Crippen molar-refractivity contribution in [3.63, 3.8) is 0 Å². The molecular weight excluding hydrogens is 342 g/mol. The summed E-state index contributed by atoms with van der Waals surface area (Å²) >= 11 is 1.04. The molecule has 1 aliphatic rings. The van der Waals surface area contributed by atoms with Gasteiger partial charge in [-0.3, -0.25) is 14.5 Å². The molecule has 1 saturated heterocycles. The van der Waals surface area contributed by atoms with Crippen molar-refractivity contribution in [1.29, 1.82) is 0 Å². The average Bonchev–Trinajstić information content (AvgIpc) is 2.86. The number of carbonyl (C=O) groups is 2. The third kappa shape index (κ3) is 4.07. The predicted octanol–water partition coefficient (Wildman–Crippen LogP) is 5.28. The second-order valence-electron chi connectivity index (χ2n) is 6.73. The van der Waals surface area contributed by atoms with Crippen LogP contribution in [0.25, 0.3) is 6.08 Å². The van der Waals surface area contributed by atoms with Crippen LogP contribution in [0.3, 0.4) is 0 Å². The summed E-state index contributed by atoms with van der Waals surface area (Å²) in [6.07, 6.45) is 3.50. The van der Waals surface area contributed by atoms with Crippen LogP contribution in [-0.4, -0.2) is 22.6 Å². The molecule has 1 fully saturated rings. The molecule has 2 aromatic rings. The first-order chi connectivity index (χ1) is 12.5. The van der Waals surface area contributed by atoms with Crippen LogP contribution in [0, 0.1) is 20.8 Å². The molecule has 0 aromatic heterocycles. The van der Waals surface area contributed by atoms with Crippen LogP contribution in [0.1, 0.15) is 34.2 Å². The van der Waals surface area contributed by atoms with Crippen LogP contribution in [0.15, 0.2) is 47.4 Å². The van der Waals surface area contributed by atoms with E-state index in [2.05, 4.69) is 31.2 Å². The topological polar surface area (TPSA) is 37.4 Å². The summed E-state index contributed by atoms with van der Waals surface area (Å²) in [7, 11) is 0. The Balaban J connectivity index is 1.71. The molecule has 0 atom stereocenters. The molecule has 2 aromatic carbocycles. The fraction of sp³-hybridized carbons (Fsp3) is 0.273. The van der Waals surface area contributed by atoms with Crippen LogP contribution >= 0.6 is 11.8 Å². The summed E-state index contributed by atoms with van der Waals surface area (Å²) in [5, 5.41) is -0.170. The first kappa shape index (κ1) is 18.5. The lowest BCUT2D eigenvalue weighted by Gasteiger charge is -2.12. The highest BCUT2D eigenvalue weighted by molar-refractivity contribution is 8.18. The second-order valence-corrected chi connectivity index (χ2v) is 7.73. The van der Waals surface area contributed by atoms with Gasteiger partial charge in [-0.15, -0.1) is 0 Å². The third-order valence-corrected chi connectivity index (χ3v) is 5.48. The maximum Gasteiger partial charge on any atom is 0.293 e. The molecular formula is C22H23NO2S. The molecule has 2 amide bonds. The van der Waals surface area contributed by atoms with Gasteiger partial charge < -0.3 is 0 Å². The lowest BCUT2D eigenvalue weighted by molar-refractivity contribution is -0.122. The van der Waals surface area contributed by atoms with E-state index in [1.807, 2.05) is 38.1 Å². The van der Waals surface area contributed by atoms with E-state index in [-0.39, 0.29) is 11.1 Å². The highest BCUT2D eigenvalue weighted by atomic mass is 32.2. The summed E-state index contributed by atoms with van der Waals surface area (Å²) in [5.74, 6) is -0.174. The average molecular weight is 365 g/mol. The van der Waals surface area contributed by atoms with Crippen molar-refractivity contribution in [2.24, 2.45) is 0 Å². The Morgan fingerprint density at radius 2 is 1.65 bits per heavy atom. The summed E-state index contributed by atoms with van der Waals surface area (Å²) in [6, 6.07) is 14.3. The van der Waals surface area contributed by atoms with E-state index in [4.69, 9.17) is 0 Å². The van der Waals surface area contributed by atoms with Crippen molar-refractivity contribution in [1.82, 2.24) is 4.90 Å². The number of imide groups is 1. The van der Waals surface area contributed by atoms with E-state index >= 15 is 0 Å². The third-order valence-electron chi connectivity index (χ3n) is 4.58. The van der Waals surface area contributed by atoms with E-state index < -0.39 is 0 Å². The minimum absolute atomic E-state index is 0.170. The number of benzene rings is 2. The Morgan fingerprint density at radius 3 is 2.31 bits per heavy atom. The summed E-state index contributed by atoms with van der Waals surface area (Å²) in [6.45, 7) is 6.60. The van der Waals surface area contributed by atoms with Gasteiger partial charge in [-0.2, -0.15) is 0 Å². The van der Waals surface area contributed by atoms with Crippen molar-refractivity contribution in [3.05, 3.63) is 75.2 Å². The van der Waals surface area contributed by atoms with Gasteiger partial charge in [0, 0.05) is 6.54 Å². The van der Waals surface area contributed by atoms with E-state index in [0.29, 0.717) is 11.4 Å². The first-order valence-corrected chi connectivity index (χ1v) is 9.64.